The minimum atomic E-state index is 0. The Kier molecular flexibility index (Phi) is 9.36. The molecule has 2 aliphatic heterocycles. The summed E-state index contributed by atoms with van der Waals surface area (Å²) in [6, 6.07) is 55.8. The van der Waals surface area contributed by atoms with E-state index in [4.69, 9.17) is 24.9 Å². The zero-order valence-electron chi connectivity index (χ0n) is 30.4. The monoisotopic (exact) mass is 768 g/mol. The van der Waals surface area contributed by atoms with Crippen LogP contribution in [-0.2, 0) is 19.5 Å². The molecule has 56 heavy (non-hydrogen) atoms. The molecule has 4 aromatic heterocycles. The van der Waals surface area contributed by atoms with Crippen LogP contribution in [0, 0.1) is 0 Å². The molecule has 10 rings (SSSR count). The predicted octanol–water partition coefficient (Wildman–Crippen LogP) is 11.8. The summed E-state index contributed by atoms with van der Waals surface area (Å²) >= 11 is 0. The number of fused-ring (bicyclic) bond motifs is 8. The van der Waals surface area contributed by atoms with Gasteiger partial charge < -0.3 is 14.9 Å². The average molecular weight is 770 g/mol. The first kappa shape index (κ1) is 34.8. The van der Waals surface area contributed by atoms with E-state index in [-0.39, 0.29) is 19.5 Å². The van der Waals surface area contributed by atoms with Crippen molar-refractivity contribution in [3.05, 3.63) is 193 Å². The first-order valence-electron chi connectivity index (χ1n) is 18.3. The second-order valence-corrected chi connectivity index (χ2v) is 13.3. The molecule has 0 atom stereocenters. The summed E-state index contributed by atoms with van der Waals surface area (Å²) in [5, 5.41) is 0. The molecule has 0 saturated heterocycles. The van der Waals surface area contributed by atoms with Gasteiger partial charge in [0.25, 0.3) is 0 Å². The first-order chi connectivity index (χ1) is 27.3. The molecule has 0 aliphatic carbocycles. The van der Waals surface area contributed by atoms with Crippen molar-refractivity contribution >= 4 is 63.4 Å². The molecule has 0 spiro atoms. The summed E-state index contributed by atoms with van der Waals surface area (Å²) in [7, 11) is 0. The standard InChI is InChI=1S/C49H32N6.Zn/c1-5-15-33(16-6-1)46-38-24-26-42(51-38)48(37-23-13-14-32-50-37)43-27-25-39(52-43)47(34-17-7-2-8-18-34)41-29-31-45(54-41)49(44-30-28-40(46)53-44)55(35-19-9-3-10-20-35)36-21-11-4-12-22-36;/h1-32H;/q-2;+2. The van der Waals surface area contributed by atoms with Gasteiger partial charge >= 0.3 is 19.5 Å². The third-order valence-corrected chi connectivity index (χ3v) is 9.88. The van der Waals surface area contributed by atoms with Crippen molar-refractivity contribution in [1.82, 2.24) is 24.9 Å². The molecule has 4 aromatic carbocycles. The van der Waals surface area contributed by atoms with Crippen LogP contribution in [0.25, 0.3) is 79.9 Å². The van der Waals surface area contributed by atoms with Crippen molar-refractivity contribution in [2.45, 2.75) is 0 Å². The van der Waals surface area contributed by atoms with Crippen LogP contribution in [-0.4, -0.2) is 15.0 Å². The summed E-state index contributed by atoms with van der Waals surface area (Å²) in [5.74, 6) is 0. The van der Waals surface area contributed by atoms with E-state index in [2.05, 4.69) is 151 Å². The Morgan fingerprint density at radius 3 is 1.30 bits per heavy atom. The van der Waals surface area contributed by atoms with Crippen molar-refractivity contribution in [2.24, 2.45) is 0 Å². The number of para-hydroxylation sites is 2. The molecule has 8 bridgehead atoms. The van der Waals surface area contributed by atoms with Gasteiger partial charge in [-0.25, -0.2) is 9.97 Å². The second kappa shape index (κ2) is 15.1. The maximum atomic E-state index is 5.45. The van der Waals surface area contributed by atoms with Gasteiger partial charge in [-0.15, -0.1) is 22.1 Å². The van der Waals surface area contributed by atoms with Crippen molar-refractivity contribution in [3.63, 3.8) is 0 Å². The van der Waals surface area contributed by atoms with Gasteiger partial charge in [0.1, 0.15) is 0 Å². The molecule has 0 unspecified atom stereocenters. The van der Waals surface area contributed by atoms with Gasteiger partial charge in [-0.2, -0.15) is 0 Å². The number of rotatable bonds is 6. The molecular formula is C49H32N6Zn. The van der Waals surface area contributed by atoms with Crippen molar-refractivity contribution < 1.29 is 19.5 Å². The number of aromatic nitrogens is 5. The topological polar surface area (TPSA) is 70.1 Å². The van der Waals surface area contributed by atoms with Crippen molar-refractivity contribution in [3.8, 4) is 33.5 Å². The van der Waals surface area contributed by atoms with Crippen LogP contribution >= 0.6 is 0 Å². The van der Waals surface area contributed by atoms with E-state index in [1.807, 2.05) is 48.7 Å². The zero-order valence-corrected chi connectivity index (χ0v) is 33.3. The maximum Gasteiger partial charge on any atom is 2.00 e. The van der Waals surface area contributed by atoms with E-state index in [0.717, 1.165) is 95.4 Å². The minimum Gasteiger partial charge on any atom is -0.657 e. The SMILES string of the molecule is C1=Cc2nc1c(-c1ccccc1)c1ccc([n-]1)c(-c1ccccn1)c1nc(c(-c3ccccc3)c3ccc([n-]3)c2N(c2ccccc2)c2ccccc2)C=C1.[Zn+2]. The van der Waals surface area contributed by atoms with Crippen LogP contribution in [0.4, 0.5) is 17.1 Å². The molecule has 0 N–H and O–H groups in total. The van der Waals surface area contributed by atoms with Crippen LogP contribution in [0.3, 0.4) is 0 Å². The van der Waals surface area contributed by atoms with Gasteiger partial charge in [0.05, 0.1) is 34.2 Å². The fourth-order valence-corrected chi connectivity index (χ4v) is 7.44. The van der Waals surface area contributed by atoms with Gasteiger partial charge in [0.2, 0.25) is 0 Å². The summed E-state index contributed by atoms with van der Waals surface area (Å²) < 4.78 is 0. The normalized spacial score (nSPS) is 11.6. The average Bonchev–Trinajstić information content (AvgIpc) is 4.09. The number of hydrogen-bond donors (Lipinski definition) is 0. The molecule has 0 radical (unpaired) electrons. The zero-order chi connectivity index (χ0) is 36.6. The Morgan fingerprint density at radius 1 is 0.375 bits per heavy atom. The minimum absolute atomic E-state index is 0. The molecule has 8 aromatic rings. The van der Waals surface area contributed by atoms with E-state index in [0.29, 0.717) is 0 Å². The largest absolute Gasteiger partial charge is 2.00 e. The third kappa shape index (κ3) is 6.38. The van der Waals surface area contributed by atoms with Crippen LogP contribution in [0.1, 0.15) is 22.8 Å². The van der Waals surface area contributed by atoms with Crippen LogP contribution in [0.5, 0.6) is 0 Å². The molecule has 0 amide bonds. The number of anilines is 3. The summed E-state index contributed by atoms with van der Waals surface area (Å²) in [4.78, 5) is 28.6. The molecular weight excluding hydrogens is 738 g/mol. The number of nitrogens with zero attached hydrogens (tertiary/aromatic N) is 6. The Hall–Kier alpha value is -6.95. The predicted molar refractivity (Wildman–Crippen MR) is 226 cm³/mol. The fourth-order valence-electron chi connectivity index (χ4n) is 7.44. The van der Waals surface area contributed by atoms with Crippen molar-refractivity contribution in [2.75, 3.05) is 4.90 Å². The van der Waals surface area contributed by atoms with Crippen LogP contribution < -0.4 is 14.9 Å². The smallest absolute Gasteiger partial charge is 0.657 e. The molecule has 260 valence electrons. The van der Waals surface area contributed by atoms with Gasteiger partial charge in [-0.3, -0.25) is 4.98 Å². The molecule has 7 heteroatoms. The number of hydrogen-bond acceptors (Lipinski definition) is 4. The van der Waals surface area contributed by atoms with Crippen molar-refractivity contribution in [1.29, 1.82) is 0 Å². The fraction of sp³-hybridized carbons (Fsp3) is 0. The second-order valence-electron chi connectivity index (χ2n) is 13.3. The summed E-state index contributed by atoms with van der Waals surface area (Å²) in [6.07, 6.45) is 10.1. The Bertz CT molecular complexity index is 2820. The van der Waals surface area contributed by atoms with E-state index in [1.165, 1.54) is 0 Å². The maximum absolute atomic E-state index is 5.45. The van der Waals surface area contributed by atoms with E-state index >= 15 is 0 Å². The van der Waals surface area contributed by atoms with Gasteiger partial charge in [-0.1, -0.05) is 127 Å². The quantitative estimate of drug-likeness (QED) is 0.157. The third-order valence-electron chi connectivity index (χ3n) is 9.88. The van der Waals surface area contributed by atoms with E-state index in [9.17, 15) is 0 Å². The van der Waals surface area contributed by atoms with E-state index < -0.39 is 0 Å². The Balaban J connectivity index is 0.00000410. The van der Waals surface area contributed by atoms with Gasteiger partial charge in [0.15, 0.2) is 0 Å². The van der Waals surface area contributed by atoms with Gasteiger partial charge in [-0.05, 0) is 83.0 Å². The number of pyridine rings is 1. The Morgan fingerprint density at radius 2 is 0.786 bits per heavy atom. The molecule has 0 fully saturated rings. The van der Waals surface area contributed by atoms with Crippen LogP contribution in [0.15, 0.2) is 170 Å². The number of benzene rings is 4. The summed E-state index contributed by atoms with van der Waals surface area (Å²) in [5.41, 5.74) is 14.8. The summed E-state index contributed by atoms with van der Waals surface area (Å²) in [6.45, 7) is 0. The molecule has 6 nitrogen and oxygen atoms in total. The molecule has 6 heterocycles. The molecule has 2 aliphatic rings. The van der Waals surface area contributed by atoms with E-state index in [1.54, 1.807) is 0 Å². The first-order valence-corrected chi connectivity index (χ1v) is 18.3. The van der Waals surface area contributed by atoms with Gasteiger partial charge in [0, 0.05) is 23.1 Å². The van der Waals surface area contributed by atoms with Crippen LogP contribution in [0.2, 0.25) is 0 Å². The molecule has 0 saturated carbocycles. The Labute approximate surface area is 337 Å².